The van der Waals surface area contributed by atoms with Gasteiger partial charge in [-0.1, -0.05) is 0 Å². The number of aliphatic hydroxyl groups is 4. The van der Waals surface area contributed by atoms with Crippen molar-refractivity contribution < 1.29 is 44.6 Å². The minimum atomic E-state index is -2.73. The SMILES string of the molecule is COC(CO)C(O)[C@@H]1OC(O)(C(=O)O)C[C@H](O)[C@H]1NC(C)=O. The molecule has 1 amide bonds. The summed E-state index contributed by atoms with van der Waals surface area (Å²) in [5, 5.41) is 50.6. The van der Waals surface area contributed by atoms with Gasteiger partial charge in [0.25, 0.3) is 5.79 Å². The van der Waals surface area contributed by atoms with Crippen LogP contribution in [0.5, 0.6) is 0 Å². The first-order chi connectivity index (χ1) is 10.2. The topological polar surface area (TPSA) is 166 Å². The molecule has 0 radical (unpaired) electrons. The first-order valence-electron chi connectivity index (χ1n) is 6.56. The summed E-state index contributed by atoms with van der Waals surface area (Å²) >= 11 is 0. The first-order valence-corrected chi connectivity index (χ1v) is 6.56. The molecule has 3 unspecified atom stereocenters. The van der Waals surface area contributed by atoms with Crippen molar-refractivity contribution in [2.24, 2.45) is 0 Å². The third-order valence-corrected chi connectivity index (χ3v) is 3.49. The number of carbonyl (C=O) groups excluding carboxylic acids is 1. The molecule has 1 rings (SSSR count). The maximum absolute atomic E-state index is 11.2. The number of hydrogen-bond donors (Lipinski definition) is 6. The Labute approximate surface area is 126 Å². The maximum atomic E-state index is 11.2. The van der Waals surface area contributed by atoms with Crippen LogP contribution in [0.1, 0.15) is 13.3 Å². The lowest BCUT2D eigenvalue weighted by molar-refractivity contribution is -0.295. The lowest BCUT2D eigenvalue weighted by Crippen LogP contribution is -2.67. The molecule has 1 aliphatic rings. The summed E-state index contributed by atoms with van der Waals surface area (Å²) in [6.45, 7) is 0.542. The second-order valence-electron chi connectivity index (χ2n) is 5.12. The van der Waals surface area contributed by atoms with E-state index in [0.29, 0.717) is 0 Å². The van der Waals surface area contributed by atoms with Crippen LogP contribution in [0.15, 0.2) is 0 Å². The van der Waals surface area contributed by atoms with Crippen molar-refractivity contribution in [3.05, 3.63) is 0 Å². The third kappa shape index (κ3) is 3.91. The highest BCUT2D eigenvalue weighted by molar-refractivity contribution is 5.76. The Bertz CT molecular complexity index is 413. The molecule has 0 aromatic carbocycles. The molecular formula is C12H21NO9. The molecule has 10 nitrogen and oxygen atoms in total. The van der Waals surface area contributed by atoms with Gasteiger partial charge in [-0.05, 0) is 0 Å². The summed E-state index contributed by atoms with van der Waals surface area (Å²) in [5.41, 5.74) is 0. The van der Waals surface area contributed by atoms with Gasteiger partial charge in [0.15, 0.2) is 0 Å². The summed E-state index contributed by atoms with van der Waals surface area (Å²) in [5.74, 6) is -5.03. The summed E-state index contributed by atoms with van der Waals surface area (Å²) in [6.07, 6.45) is -6.47. The number of nitrogens with one attached hydrogen (secondary N) is 1. The number of aliphatic hydroxyl groups excluding tert-OH is 3. The minimum Gasteiger partial charge on any atom is -0.477 e. The van der Waals surface area contributed by atoms with Gasteiger partial charge in [0.2, 0.25) is 5.91 Å². The van der Waals surface area contributed by atoms with Crippen LogP contribution in [0.3, 0.4) is 0 Å². The molecule has 6 atom stereocenters. The molecule has 1 aliphatic heterocycles. The van der Waals surface area contributed by atoms with Crippen LogP contribution in [-0.4, -0.2) is 87.4 Å². The van der Waals surface area contributed by atoms with Crippen LogP contribution >= 0.6 is 0 Å². The predicted molar refractivity (Wildman–Crippen MR) is 69.6 cm³/mol. The van der Waals surface area contributed by atoms with Gasteiger partial charge < -0.3 is 40.3 Å². The van der Waals surface area contributed by atoms with Crippen molar-refractivity contribution in [1.29, 1.82) is 0 Å². The number of carboxylic acid groups (broad SMARTS) is 1. The Kier molecular flexibility index (Phi) is 6.23. The normalized spacial score (nSPS) is 34.7. The molecule has 0 aromatic rings. The molecule has 128 valence electrons. The maximum Gasteiger partial charge on any atom is 0.364 e. The quantitative estimate of drug-likeness (QED) is 0.295. The zero-order valence-corrected chi connectivity index (χ0v) is 12.2. The number of aliphatic carboxylic acids is 1. The van der Waals surface area contributed by atoms with E-state index in [1.54, 1.807) is 0 Å². The molecule has 6 N–H and O–H groups in total. The van der Waals surface area contributed by atoms with Crippen molar-refractivity contribution in [3.8, 4) is 0 Å². The molecule has 22 heavy (non-hydrogen) atoms. The van der Waals surface area contributed by atoms with E-state index in [9.17, 15) is 24.9 Å². The monoisotopic (exact) mass is 323 g/mol. The summed E-state index contributed by atoms with van der Waals surface area (Å²) in [7, 11) is 1.19. The Balaban J connectivity index is 3.10. The molecular weight excluding hydrogens is 302 g/mol. The van der Waals surface area contributed by atoms with Gasteiger partial charge >= 0.3 is 5.97 Å². The third-order valence-electron chi connectivity index (χ3n) is 3.49. The number of methoxy groups -OCH3 is 1. The molecule has 0 bridgehead atoms. The highest BCUT2D eigenvalue weighted by Crippen LogP contribution is 2.30. The van der Waals surface area contributed by atoms with Crippen molar-refractivity contribution in [1.82, 2.24) is 5.32 Å². The second-order valence-corrected chi connectivity index (χ2v) is 5.12. The fourth-order valence-electron chi connectivity index (χ4n) is 2.34. The van der Waals surface area contributed by atoms with E-state index in [0.717, 1.165) is 6.92 Å². The molecule has 0 aliphatic carbocycles. The van der Waals surface area contributed by atoms with Crippen LogP contribution in [0, 0.1) is 0 Å². The van der Waals surface area contributed by atoms with E-state index in [1.165, 1.54) is 7.11 Å². The highest BCUT2D eigenvalue weighted by Gasteiger charge is 2.53. The molecule has 0 spiro atoms. The van der Waals surface area contributed by atoms with Crippen molar-refractivity contribution in [3.63, 3.8) is 0 Å². The van der Waals surface area contributed by atoms with Crippen molar-refractivity contribution in [2.75, 3.05) is 13.7 Å². The fraction of sp³-hybridized carbons (Fsp3) is 0.833. The number of hydrogen-bond acceptors (Lipinski definition) is 8. The number of amides is 1. The minimum absolute atomic E-state index is 0.552. The van der Waals surface area contributed by atoms with Gasteiger partial charge in [0.1, 0.15) is 18.3 Å². The molecule has 0 aromatic heterocycles. The van der Waals surface area contributed by atoms with Crippen LogP contribution in [-0.2, 0) is 19.1 Å². The standard InChI is InChI=1S/C12H21NO9/c1-5(15)13-8-6(16)3-12(20,11(18)19)22-10(8)9(17)7(4-14)21-2/h6-10,14,16-17,20H,3-4H2,1-2H3,(H,13,15)(H,18,19)/t6-,7?,8+,9?,10+,12?/m0/s1. The van der Waals surface area contributed by atoms with Crippen LogP contribution in [0.25, 0.3) is 0 Å². The second kappa shape index (κ2) is 7.31. The Morgan fingerprint density at radius 3 is 2.50 bits per heavy atom. The highest BCUT2D eigenvalue weighted by atomic mass is 16.7. The van der Waals surface area contributed by atoms with E-state index in [4.69, 9.17) is 19.7 Å². The largest absolute Gasteiger partial charge is 0.477 e. The average molecular weight is 323 g/mol. The van der Waals surface area contributed by atoms with Crippen molar-refractivity contribution in [2.45, 2.75) is 49.6 Å². The van der Waals surface area contributed by atoms with Gasteiger partial charge in [-0.2, -0.15) is 0 Å². The van der Waals surface area contributed by atoms with Crippen molar-refractivity contribution >= 4 is 11.9 Å². The van der Waals surface area contributed by atoms with E-state index in [2.05, 4.69) is 5.32 Å². The molecule has 1 heterocycles. The number of rotatable bonds is 6. The average Bonchev–Trinajstić information content (AvgIpc) is 2.42. The van der Waals surface area contributed by atoms with E-state index < -0.39 is 61.1 Å². The predicted octanol–water partition coefficient (Wildman–Crippen LogP) is -3.22. The lowest BCUT2D eigenvalue weighted by atomic mass is 9.88. The molecule has 0 saturated carbocycles. The lowest BCUT2D eigenvalue weighted by Gasteiger charge is -2.45. The van der Waals surface area contributed by atoms with E-state index in [-0.39, 0.29) is 0 Å². The number of carbonyl (C=O) groups is 2. The summed E-state index contributed by atoms with van der Waals surface area (Å²) < 4.78 is 9.83. The van der Waals surface area contributed by atoms with Crippen LogP contribution < -0.4 is 5.32 Å². The molecule has 10 heteroatoms. The number of ether oxygens (including phenoxy) is 2. The van der Waals surface area contributed by atoms with E-state index >= 15 is 0 Å². The van der Waals surface area contributed by atoms with Crippen LogP contribution in [0.4, 0.5) is 0 Å². The summed E-state index contributed by atoms with van der Waals surface area (Å²) in [6, 6.07) is -1.18. The Hall–Kier alpha value is -1.30. The van der Waals surface area contributed by atoms with Gasteiger partial charge in [-0.15, -0.1) is 0 Å². The first kappa shape index (κ1) is 18.7. The zero-order valence-electron chi connectivity index (χ0n) is 12.2. The Morgan fingerprint density at radius 1 is 1.50 bits per heavy atom. The molecule has 1 saturated heterocycles. The molecule has 1 fully saturated rings. The van der Waals surface area contributed by atoms with Gasteiger partial charge in [-0.3, -0.25) is 4.79 Å². The van der Waals surface area contributed by atoms with Gasteiger partial charge in [-0.25, -0.2) is 4.79 Å². The number of carboxylic acids is 1. The summed E-state index contributed by atoms with van der Waals surface area (Å²) in [4.78, 5) is 22.3. The smallest absolute Gasteiger partial charge is 0.364 e. The zero-order chi connectivity index (χ0) is 17.1. The Morgan fingerprint density at radius 2 is 2.09 bits per heavy atom. The van der Waals surface area contributed by atoms with Gasteiger partial charge in [0.05, 0.1) is 18.8 Å². The van der Waals surface area contributed by atoms with E-state index in [1.807, 2.05) is 0 Å². The fourth-order valence-corrected chi connectivity index (χ4v) is 2.34. The van der Waals surface area contributed by atoms with Gasteiger partial charge in [0, 0.05) is 20.5 Å². The van der Waals surface area contributed by atoms with Crippen LogP contribution in [0.2, 0.25) is 0 Å².